The molecule has 0 radical (unpaired) electrons. The van der Waals surface area contributed by atoms with E-state index < -0.39 is 21.7 Å². The summed E-state index contributed by atoms with van der Waals surface area (Å²) in [7, 11) is -3.32. The smallest absolute Gasteiger partial charge is 0.256 e. The SMILES string of the molecule is CS(=O)(=O)c1ccc(C(=O)Nc2sc3c(c2C(N)=O)CCCC3)cc1. The van der Waals surface area contributed by atoms with Crippen LogP contribution in [-0.4, -0.2) is 26.5 Å². The lowest BCUT2D eigenvalue weighted by atomic mass is 9.95. The van der Waals surface area contributed by atoms with Crippen molar-refractivity contribution in [1.82, 2.24) is 0 Å². The maximum Gasteiger partial charge on any atom is 0.256 e. The molecule has 0 saturated carbocycles. The van der Waals surface area contributed by atoms with Crippen LogP contribution in [0.4, 0.5) is 5.00 Å². The van der Waals surface area contributed by atoms with Gasteiger partial charge in [-0.1, -0.05) is 0 Å². The topological polar surface area (TPSA) is 106 Å². The van der Waals surface area contributed by atoms with Crippen molar-refractivity contribution in [3.63, 3.8) is 0 Å². The summed E-state index contributed by atoms with van der Waals surface area (Å²) < 4.78 is 23.0. The molecule has 3 N–H and O–H groups in total. The largest absolute Gasteiger partial charge is 0.365 e. The molecule has 1 aromatic carbocycles. The van der Waals surface area contributed by atoms with E-state index >= 15 is 0 Å². The number of hydrogen-bond donors (Lipinski definition) is 2. The van der Waals surface area contributed by atoms with Gasteiger partial charge in [0.05, 0.1) is 10.5 Å². The number of carbonyl (C=O) groups is 2. The van der Waals surface area contributed by atoms with E-state index in [1.165, 1.54) is 35.6 Å². The van der Waals surface area contributed by atoms with Crippen molar-refractivity contribution in [2.45, 2.75) is 30.6 Å². The van der Waals surface area contributed by atoms with Crippen LogP contribution in [-0.2, 0) is 22.7 Å². The lowest BCUT2D eigenvalue weighted by Gasteiger charge is -2.11. The van der Waals surface area contributed by atoms with E-state index in [2.05, 4.69) is 5.32 Å². The molecule has 3 rings (SSSR count). The van der Waals surface area contributed by atoms with E-state index in [0.717, 1.165) is 42.4 Å². The molecule has 1 aliphatic carbocycles. The average Bonchev–Trinajstić information content (AvgIpc) is 2.92. The van der Waals surface area contributed by atoms with Crippen LogP contribution in [0.2, 0.25) is 0 Å². The van der Waals surface area contributed by atoms with Crippen LogP contribution in [0.1, 0.15) is 44.0 Å². The second-order valence-corrected chi connectivity index (χ2v) is 9.15. The lowest BCUT2D eigenvalue weighted by Crippen LogP contribution is -2.18. The Labute approximate surface area is 150 Å². The van der Waals surface area contributed by atoms with E-state index in [1.807, 2.05) is 0 Å². The Balaban J connectivity index is 1.88. The zero-order valence-electron chi connectivity index (χ0n) is 13.7. The van der Waals surface area contributed by atoms with Gasteiger partial charge in [-0.3, -0.25) is 9.59 Å². The van der Waals surface area contributed by atoms with Crippen LogP contribution in [0.5, 0.6) is 0 Å². The molecule has 25 heavy (non-hydrogen) atoms. The predicted molar refractivity (Wildman–Crippen MR) is 97.0 cm³/mol. The van der Waals surface area contributed by atoms with Crippen LogP contribution < -0.4 is 11.1 Å². The van der Waals surface area contributed by atoms with Gasteiger partial charge in [-0.25, -0.2) is 8.42 Å². The van der Waals surface area contributed by atoms with Crippen molar-refractivity contribution in [3.8, 4) is 0 Å². The molecule has 0 atom stereocenters. The highest BCUT2D eigenvalue weighted by atomic mass is 32.2. The maximum absolute atomic E-state index is 12.5. The number of benzene rings is 1. The second-order valence-electron chi connectivity index (χ2n) is 6.03. The van der Waals surface area contributed by atoms with Gasteiger partial charge in [-0.2, -0.15) is 0 Å². The van der Waals surface area contributed by atoms with E-state index in [4.69, 9.17) is 5.73 Å². The fourth-order valence-electron chi connectivity index (χ4n) is 2.94. The van der Waals surface area contributed by atoms with Crippen LogP contribution in [0.3, 0.4) is 0 Å². The van der Waals surface area contributed by atoms with Gasteiger partial charge in [0.1, 0.15) is 5.00 Å². The third-order valence-corrected chi connectivity index (χ3v) is 6.53. The summed E-state index contributed by atoms with van der Waals surface area (Å²) in [5.74, 6) is -0.941. The highest BCUT2D eigenvalue weighted by Gasteiger charge is 2.25. The molecule has 6 nitrogen and oxygen atoms in total. The van der Waals surface area contributed by atoms with Crippen molar-refractivity contribution < 1.29 is 18.0 Å². The van der Waals surface area contributed by atoms with Crippen LogP contribution in [0.25, 0.3) is 0 Å². The summed E-state index contributed by atoms with van der Waals surface area (Å²) in [5, 5.41) is 3.22. The van der Waals surface area contributed by atoms with Gasteiger partial charge < -0.3 is 11.1 Å². The number of anilines is 1. The highest BCUT2D eigenvalue weighted by molar-refractivity contribution is 7.90. The fourth-order valence-corrected chi connectivity index (χ4v) is 4.86. The summed E-state index contributed by atoms with van der Waals surface area (Å²) in [5.41, 5.74) is 7.18. The second kappa shape index (κ2) is 6.61. The summed E-state index contributed by atoms with van der Waals surface area (Å²) >= 11 is 1.39. The van der Waals surface area contributed by atoms with Crippen molar-refractivity contribution in [1.29, 1.82) is 0 Å². The molecular weight excluding hydrogens is 360 g/mol. The monoisotopic (exact) mass is 378 g/mol. The highest BCUT2D eigenvalue weighted by Crippen LogP contribution is 2.38. The van der Waals surface area contributed by atoms with Gasteiger partial charge >= 0.3 is 0 Å². The zero-order chi connectivity index (χ0) is 18.2. The molecule has 1 aromatic heterocycles. The predicted octanol–water partition coefficient (Wildman–Crippen LogP) is 2.38. The Morgan fingerprint density at radius 1 is 1.12 bits per heavy atom. The standard InChI is InChI=1S/C17H18N2O4S2/c1-25(22,23)11-8-6-10(7-9-11)16(21)19-17-14(15(18)20)12-4-2-3-5-13(12)24-17/h6-9H,2-5H2,1H3,(H2,18,20)(H,19,21). The fraction of sp³-hybridized carbons (Fsp3) is 0.294. The molecule has 132 valence electrons. The van der Waals surface area contributed by atoms with E-state index in [-0.39, 0.29) is 4.90 Å². The number of primary amides is 1. The number of rotatable bonds is 4. The first kappa shape index (κ1) is 17.6. The minimum Gasteiger partial charge on any atom is -0.365 e. The van der Waals surface area contributed by atoms with Crippen molar-refractivity contribution in [3.05, 3.63) is 45.8 Å². The first-order chi connectivity index (χ1) is 11.8. The van der Waals surface area contributed by atoms with Crippen molar-refractivity contribution in [2.24, 2.45) is 5.73 Å². The summed E-state index contributed by atoms with van der Waals surface area (Å²) in [4.78, 5) is 25.5. The minimum atomic E-state index is -3.32. The summed E-state index contributed by atoms with van der Waals surface area (Å²) in [6.45, 7) is 0. The number of aryl methyl sites for hydroxylation is 1. The molecule has 0 aliphatic heterocycles. The summed E-state index contributed by atoms with van der Waals surface area (Å²) in [6, 6.07) is 5.67. The van der Waals surface area contributed by atoms with Gasteiger partial charge in [-0.05, 0) is 55.5 Å². The summed E-state index contributed by atoms with van der Waals surface area (Å²) in [6.07, 6.45) is 4.86. The Morgan fingerprint density at radius 2 is 1.76 bits per heavy atom. The molecule has 0 saturated heterocycles. The van der Waals surface area contributed by atoms with Gasteiger partial charge in [0, 0.05) is 16.7 Å². The number of carbonyl (C=O) groups excluding carboxylic acids is 2. The third-order valence-electron chi connectivity index (χ3n) is 4.19. The molecule has 0 unspecified atom stereocenters. The molecular formula is C17H18N2O4S2. The number of hydrogen-bond acceptors (Lipinski definition) is 5. The van der Waals surface area contributed by atoms with Crippen LogP contribution >= 0.6 is 11.3 Å². The Hall–Kier alpha value is -2.19. The molecule has 0 bridgehead atoms. The van der Waals surface area contributed by atoms with E-state index in [0.29, 0.717) is 16.1 Å². The number of sulfone groups is 1. The first-order valence-corrected chi connectivity index (χ1v) is 10.5. The number of fused-ring (bicyclic) bond motifs is 1. The maximum atomic E-state index is 12.5. The Morgan fingerprint density at radius 3 is 2.36 bits per heavy atom. The third kappa shape index (κ3) is 3.59. The zero-order valence-corrected chi connectivity index (χ0v) is 15.3. The van der Waals surface area contributed by atoms with Crippen LogP contribution in [0, 0.1) is 0 Å². The number of nitrogens with two attached hydrogens (primary N) is 1. The van der Waals surface area contributed by atoms with Gasteiger partial charge in [0.2, 0.25) is 0 Å². The van der Waals surface area contributed by atoms with Crippen LogP contribution in [0.15, 0.2) is 29.2 Å². The van der Waals surface area contributed by atoms with Crippen molar-refractivity contribution >= 4 is 38.0 Å². The molecule has 2 amide bonds. The van der Waals surface area contributed by atoms with Gasteiger partial charge in [0.15, 0.2) is 9.84 Å². The minimum absolute atomic E-state index is 0.147. The van der Waals surface area contributed by atoms with Gasteiger partial charge in [0.25, 0.3) is 11.8 Å². The molecule has 0 spiro atoms. The number of thiophene rings is 1. The normalized spacial score (nSPS) is 14.0. The quantitative estimate of drug-likeness (QED) is 0.852. The molecule has 0 fully saturated rings. The van der Waals surface area contributed by atoms with E-state index in [1.54, 1.807) is 0 Å². The van der Waals surface area contributed by atoms with E-state index in [9.17, 15) is 18.0 Å². The Kier molecular flexibility index (Phi) is 4.66. The molecule has 8 heteroatoms. The number of amides is 2. The average molecular weight is 378 g/mol. The van der Waals surface area contributed by atoms with Crippen molar-refractivity contribution in [2.75, 3.05) is 11.6 Å². The Bertz CT molecular complexity index is 944. The lowest BCUT2D eigenvalue weighted by molar-refractivity contribution is 0.100. The number of nitrogens with one attached hydrogen (secondary N) is 1. The molecule has 2 aromatic rings. The first-order valence-electron chi connectivity index (χ1n) is 7.83. The van der Waals surface area contributed by atoms with Gasteiger partial charge in [-0.15, -0.1) is 11.3 Å². The molecule has 1 aliphatic rings. The molecule has 1 heterocycles.